The molecule has 0 saturated heterocycles. The van der Waals surface area contributed by atoms with Gasteiger partial charge in [-0.1, -0.05) is 19.1 Å². The van der Waals surface area contributed by atoms with Crippen LogP contribution >= 0.6 is 11.8 Å². The van der Waals surface area contributed by atoms with Crippen molar-refractivity contribution in [1.82, 2.24) is 9.97 Å². The molecule has 2 aromatic rings. The molecule has 0 aliphatic carbocycles. The van der Waals surface area contributed by atoms with E-state index in [9.17, 15) is 0 Å². The molecule has 4 nitrogen and oxygen atoms in total. The molecule has 1 aromatic carbocycles. The van der Waals surface area contributed by atoms with Gasteiger partial charge in [-0.05, 0) is 25.5 Å². The average molecular weight is 301 g/mol. The Kier molecular flexibility index (Phi) is 4.01. The Balaban J connectivity index is 1.95. The first-order chi connectivity index (χ1) is 10.2. The second-order valence-corrected chi connectivity index (χ2v) is 6.03. The SMILES string of the molecule is CCc1nc(C2CSc3ccccc3O2)nc(NC)c1C. The van der Waals surface area contributed by atoms with Gasteiger partial charge in [0.15, 0.2) is 11.9 Å². The molecule has 0 saturated carbocycles. The molecule has 1 N–H and O–H groups in total. The molecule has 0 bridgehead atoms. The van der Waals surface area contributed by atoms with Gasteiger partial charge in [-0.3, -0.25) is 0 Å². The van der Waals surface area contributed by atoms with Gasteiger partial charge in [0.2, 0.25) is 0 Å². The van der Waals surface area contributed by atoms with Gasteiger partial charge in [-0.25, -0.2) is 9.97 Å². The third kappa shape index (κ3) is 2.70. The molecule has 3 rings (SSSR count). The predicted molar refractivity (Wildman–Crippen MR) is 86.2 cm³/mol. The summed E-state index contributed by atoms with van der Waals surface area (Å²) in [7, 11) is 1.89. The molecule has 5 heteroatoms. The van der Waals surface area contributed by atoms with E-state index in [-0.39, 0.29) is 6.10 Å². The number of ether oxygens (including phenoxy) is 1. The van der Waals surface area contributed by atoms with Gasteiger partial charge < -0.3 is 10.1 Å². The van der Waals surface area contributed by atoms with Crippen molar-refractivity contribution in [3.63, 3.8) is 0 Å². The summed E-state index contributed by atoms with van der Waals surface area (Å²) in [6.07, 6.45) is 0.801. The number of fused-ring (bicyclic) bond motifs is 1. The van der Waals surface area contributed by atoms with Gasteiger partial charge in [-0.15, -0.1) is 11.8 Å². The monoisotopic (exact) mass is 301 g/mol. The summed E-state index contributed by atoms with van der Waals surface area (Å²) in [5, 5.41) is 3.16. The molecule has 0 amide bonds. The highest BCUT2D eigenvalue weighted by atomic mass is 32.2. The zero-order valence-corrected chi connectivity index (χ0v) is 13.3. The van der Waals surface area contributed by atoms with Crippen LogP contribution in [-0.4, -0.2) is 22.8 Å². The van der Waals surface area contributed by atoms with Gasteiger partial charge >= 0.3 is 0 Å². The Labute approximate surface area is 129 Å². The lowest BCUT2D eigenvalue weighted by atomic mass is 10.2. The first-order valence-electron chi connectivity index (χ1n) is 7.16. The van der Waals surface area contributed by atoms with E-state index in [0.29, 0.717) is 0 Å². The lowest BCUT2D eigenvalue weighted by Crippen LogP contribution is -2.19. The maximum Gasteiger partial charge on any atom is 0.172 e. The summed E-state index contributed by atoms with van der Waals surface area (Å²) >= 11 is 1.80. The van der Waals surface area contributed by atoms with Crippen molar-refractivity contribution in [2.75, 3.05) is 18.1 Å². The van der Waals surface area contributed by atoms with Crippen LogP contribution in [0.4, 0.5) is 5.82 Å². The van der Waals surface area contributed by atoms with Crippen LogP contribution in [0.15, 0.2) is 29.2 Å². The Morgan fingerprint density at radius 3 is 2.90 bits per heavy atom. The molecule has 1 aliphatic heterocycles. The van der Waals surface area contributed by atoms with E-state index in [4.69, 9.17) is 9.72 Å². The zero-order chi connectivity index (χ0) is 14.8. The fourth-order valence-corrected chi connectivity index (χ4v) is 3.44. The third-order valence-corrected chi connectivity index (χ3v) is 4.75. The van der Waals surface area contributed by atoms with E-state index in [1.165, 1.54) is 4.90 Å². The molecule has 110 valence electrons. The number of nitrogens with one attached hydrogen (secondary N) is 1. The van der Waals surface area contributed by atoms with Gasteiger partial charge in [0.25, 0.3) is 0 Å². The maximum absolute atomic E-state index is 6.08. The van der Waals surface area contributed by atoms with E-state index >= 15 is 0 Å². The molecule has 0 radical (unpaired) electrons. The summed E-state index contributed by atoms with van der Waals surface area (Å²) in [5.41, 5.74) is 2.20. The molecule has 0 fully saturated rings. The highest BCUT2D eigenvalue weighted by molar-refractivity contribution is 7.99. The smallest absolute Gasteiger partial charge is 0.172 e. The number of anilines is 1. The number of rotatable bonds is 3. The van der Waals surface area contributed by atoms with Crippen LogP contribution in [0.5, 0.6) is 5.75 Å². The van der Waals surface area contributed by atoms with Crippen LogP contribution in [0.1, 0.15) is 30.1 Å². The first-order valence-corrected chi connectivity index (χ1v) is 8.15. The molecule has 1 aromatic heterocycles. The summed E-state index contributed by atoms with van der Waals surface area (Å²) in [6.45, 7) is 4.17. The molecule has 2 heterocycles. The van der Waals surface area contributed by atoms with Crippen LogP contribution in [-0.2, 0) is 6.42 Å². The number of aromatic nitrogens is 2. The van der Waals surface area contributed by atoms with E-state index in [2.05, 4.69) is 30.2 Å². The first kappa shape index (κ1) is 14.2. The van der Waals surface area contributed by atoms with Gasteiger partial charge in [0.1, 0.15) is 11.6 Å². The minimum Gasteiger partial charge on any atom is -0.480 e. The van der Waals surface area contributed by atoms with Crippen molar-refractivity contribution in [3.8, 4) is 5.75 Å². The number of hydrogen-bond acceptors (Lipinski definition) is 5. The maximum atomic E-state index is 6.08. The van der Waals surface area contributed by atoms with Crippen molar-refractivity contribution in [3.05, 3.63) is 41.3 Å². The van der Waals surface area contributed by atoms with Crippen molar-refractivity contribution in [2.45, 2.75) is 31.3 Å². The van der Waals surface area contributed by atoms with E-state index in [1.807, 2.05) is 25.2 Å². The summed E-state index contributed by atoms with van der Waals surface area (Å²) < 4.78 is 6.08. The largest absolute Gasteiger partial charge is 0.480 e. The number of benzene rings is 1. The molecule has 1 aliphatic rings. The number of nitrogens with zero attached hydrogens (tertiary/aromatic N) is 2. The highest BCUT2D eigenvalue weighted by Gasteiger charge is 2.25. The Morgan fingerprint density at radius 1 is 1.33 bits per heavy atom. The Hall–Kier alpha value is -1.75. The van der Waals surface area contributed by atoms with Crippen molar-refractivity contribution in [1.29, 1.82) is 0 Å². The molecule has 1 unspecified atom stereocenters. The summed E-state index contributed by atoms with van der Waals surface area (Å²) in [5.74, 6) is 3.42. The standard InChI is InChI=1S/C16H19N3OS/c1-4-11-10(2)15(17-3)19-16(18-11)13-9-21-14-8-6-5-7-12(14)20-13/h5-8,13H,4,9H2,1-3H3,(H,17,18,19). The van der Waals surface area contributed by atoms with E-state index in [0.717, 1.165) is 40.8 Å². The van der Waals surface area contributed by atoms with Gasteiger partial charge in [-0.2, -0.15) is 0 Å². The topological polar surface area (TPSA) is 47.0 Å². The van der Waals surface area contributed by atoms with E-state index in [1.54, 1.807) is 11.8 Å². The van der Waals surface area contributed by atoms with Crippen LogP contribution in [0.25, 0.3) is 0 Å². The van der Waals surface area contributed by atoms with Crippen molar-refractivity contribution < 1.29 is 4.74 Å². The lowest BCUT2D eigenvalue weighted by Gasteiger charge is -2.25. The number of aryl methyl sites for hydroxylation is 1. The van der Waals surface area contributed by atoms with Gasteiger partial charge in [0, 0.05) is 29.0 Å². The van der Waals surface area contributed by atoms with Gasteiger partial charge in [0.05, 0.1) is 0 Å². The third-order valence-electron chi connectivity index (χ3n) is 3.63. The van der Waals surface area contributed by atoms with Crippen LogP contribution in [0.2, 0.25) is 0 Å². The number of hydrogen-bond donors (Lipinski definition) is 1. The lowest BCUT2D eigenvalue weighted by molar-refractivity contribution is 0.210. The molecule has 0 spiro atoms. The van der Waals surface area contributed by atoms with E-state index < -0.39 is 0 Å². The minimum absolute atomic E-state index is 0.0945. The molecule has 21 heavy (non-hydrogen) atoms. The summed E-state index contributed by atoms with van der Waals surface area (Å²) in [6, 6.07) is 8.12. The van der Waals surface area contributed by atoms with Crippen molar-refractivity contribution in [2.24, 2.45) is 0 Å². The summed E-state index contributed by atoms with van der Waals surface area (Å²) in [4.78, 5) is 10.5. The molecule has 1 atom stereocenters. The van der Waals surface area contributed by atoms with Crippen molar-refractivity contribution >= 4 is 17.6 Å². The number of para-hydroxylation sites is 1. The Bertz CT molecular complexity index is 635. The van der Waals surface area contributed by atoms with Crippen LogP contribution in [0, 0.1) is 6.92 Å². The Morgan fingerprint density at radius 2 is 2.14 bits per heavy atom. The highest BCUT2D eigenvalue weighted by Crippen LogP contribution is 2.39. The van der Waals surface area contributed by atoms with Crippen LogP contribution in [0.3, 0.4) is 0 Å². The minimum atomic E-state index is -0.0945. The second-order valence-electron chi connectivity index (χ2n) is 4.97. The zero-order valence-electron chi connectivity index (χ0n) is 12.5. The number of thioether (sulfide) groups is 1. The average Bonchev–Trinajstić information content (AvgIpc) is 2.54. The fourth-order valence-electron chi connectivity index (χ4n) is 2.46. The molecular weight excluding hydrogens is 282 g/mol. The van der Waals surface area contributed by atoms with Crippen LogP contribution < -0.4 is 10.1 Å². The second kappa shape index (κ2) is 5.93. The fraction of sp³-hybridized carbons (Fsp3) is 0.375. The predicted octanol–water partition coefficient (Wildman–Crippen LogP) is 3.61. The molecular formula is C16H19N3OS. The quantitative estimate of drug-likeness (QED) is 0.938. The normalized spacial score (nSPS) is 17.0.